The summed E-state index contributed by atoms with van der Waals surface area (Å²) in [6.45, 7) is 4.07. The van der Waals surface area contributed by atoms with Gasteiger partial charge in [-0.05, 0) is 60.9 Å². The molecule has 2 aromatic carbocycles. The number of urea groups is 1. The van der Waals surface area contributed by atoms with E-state index in [-0.39, 0.29) is 23.6 Å². The van der Waals surface area contributed by atoms with E-state index in [1.165, 1.54) is 23.6 Å². The zero-order valence-electron chi connectivity index (χ0n) is 19.7. The van der Waals surface area contributed by atoms with Crippen LogP contribution in [0, 0.1) is 5.82 Å². The minimum atomic E-state index is -0.324. The number of rotatable bonds is 5. The van der Waals surface area contributed by atoms with Crippen LogP contribution in [0.15, 0.2) is 48.7 Å². The van der Waals surface area contributed by atoms with Crippen LogP contribution in [0.2, 0.25) is 0 Å². The number of nitrogens with zero attached hydrogens (tertiary/aromatic N) is 2. The Morgan fingerprint density at radius 1 is 1.09 bits per heavy atom. The van der Waals surface area contributed by atoms with E-state index in [0.717, 1.165) is 57.4 Å². The summed E-state index contributed by atoms with van der Waals surface area (Å²) in [5.74, 6) is 0.442. The van der Waals surface area contributed by atoms with Crippen LogP contribution in [-0.2, 0) is 6.54 Å². The van der Waals surface area contributed by atoms with E-state index in [1.807, 2.05) is 11.0 Å². The molecule has 7 heteroatoms. The van der Waals surface area contributed by atoms with E-state index in [4.69, 9.17) is 4.74 Å². The average Bonchev–Trinajstić information content (AvgIpc) is 3.30. The molecule has 34 heavy (non-hydrogen) atoms. The fourth-order valence-corrected chi connectivity index (χ4v) is 5.39. The monoisotopic (exact) mass is 464 g/mol. The molecule has 0 radical (unpaired) electrons. The predicted molar refractivity (Wildman–Crippen MR) is 132 cm³/mol. The lowest BCUT2D eigenvalue weighted by molar-refractivity contribution is 0.159. The Morgan fingerprint density at radius 2 is 1.85 bits per heavy atom. The molecule has 2 aliphatic heterocycles. The number of aromatic nitrogens is 1. The molecule has 1 aromatic heterocycles. The molecule has 0 spiro atoms. The Balaban J connectivity index is 1.07. The molecule has 180 valence electrons. The number of benzene rings is 2. The van der Waals surface area contributed by atoms with Crippen molar-refractivity contribution in [2.75, 3.05) is 33.3 Å². The molecule has 0 aliphatic carbocycles. The quantitative estimate of drug-likeness (QED) is 0.566. The Labute approximate surface area is 200 Å². The number of aromatic amines is 1. The first-order valence-electron chi connectivity index (χ1n) is 12.3. The van der Waals surface area contributed by atoms with E-state index >= 15 is 0 Å². The lowest BCUT2D eigenvalue weighted by atomic mass is 9.89. The highest BCUT2D eigenvalue weighted by atomic mass is 19.1. The number of hydrogen-bond acceptors (Lipinski definition) is 3. The fraction of sp³-hybridized carbons (Fsp3) is 0.444. The molecule has 2 N–H and O–H groups in total. The maximum atomic E-state index is 14.0. The summed E-state index contributed by atoms with van der Waals surface area (Å²) >= 11 is 0. The summed E-state index contributed by atoms with van der Waals surface area (Å²) in [6, 6.07) is 13.8. The maximum Gasteiger partial charge on any atom is 0.317 e. The molecule has 3 heterocycles. The van der Waals surface area contributed by atoms with E-state index in [2.05, 4.69) is 45.7 Å². The summed E-state index contributed by atoms with van der Waals surface area (Å²) in [4.78, 5) is 20.5. The Kier molecular flexibility index (Phi) is 6.72. The van der Waals surface area contributed by atoms with E-state index < -0.39 is 0 Å². The van der Waals surface area contributed by atoms with Crippen molar-refractivity contribution in [2.45, 2.75) is 44.2 Å². The van der Waals surface area contributed by atoms with Crippen LogP contribution < -0.4 is 10.1 Å². The Morgan fingerprint density at radius 3 is 2.59 bits per heavy atom. The molecule has 2 saturated heterocycles. The second kappa shape index (κ2) is 10.1. The second-order valence-electron chi connectivity index (χ2n) is 9.52. The molecule has 2 fully saturated rings. The highest BCUT2D eigenvalue weighted by molar-refractivity contribution is 5.83. The average molecular weight is 465 g/mol. The number of piperidine rings is 2. The number of carbonyl (C=O) groups is 1. The summed E-state index contributed by atoms with van der Waals surface area (Å²) in [6.07, 6.45) is 5.95. The number of nitrogens with one attached hydrogen (secondary N) is 2. The van der Waals surface area contributed by atoms with Crippen LogP contribution in [0.25, 0.3) is 10.9 Å². The van der Waals surface area contributed by atoms with Crippen molar-refractivity contribution < 1.29 is 13.9 Å². The minimum absolute atomic E-state index is 0.0630. The van der Waals surface area contributed by atoms with Crippen LogP contribution in [0.1, 0.15) is 42.7 Å². The SMILES string of the molecule is COc1ccc(CN2CCC(NC(=O)N3CCC(c4c[nH]c5ccccc45)CC3)CC2)cc1F. The molecule has 5 rings (SSSR count). The Hall–Kier alpha value is -3.06. The van der Waals surface area contributed by atoms with Crippen molar-refractivity contribution >= 4 is 16.9 Å². The third kappa shape index (κ3) is 4.89. The zero-order valence-corrected chi connectivity index (χ0v) is 19.7. The van der Waals surface area contributed by atoms with Crippen molar-refractivity contribution in [1.29, 1.82) is 0 Å². The summed E-state index contributed by atoms with van der Waals surface area (Å²) in [5, 5.41) is 4.55. The molecular formula is C27H33FN4O2. The van der Waals surface area contributed by atoms with Gasteiger partial charge in [-0.1, -0.05) is 24.3 Å². The maximum absolute atomic E-state index is 14.0. The van der Waals surface area contributed by atoms with Gasteiger partial charge in [0.1, 0.15) is 0 Å². The van der Waals surface area contributed by atoms with Crippen LogP contribution in [0.4, 0.5) is 9.18 Å². The highest BCUT2D eigenvalue weighted by Crippen LogP contribution is 2.33. The normalized spacial score (nSPS) is 18.4. The van der Waals surface area contributed by atoms with Gasteiger partial charge in [-0.15, -0.1) is 0 Å². The van der Waals surface area contributed by atoms with Crippen LogP contribution in [0.5, 0.6) is 5.75 Å². The number of amides is 2. The first-order valence-corrected chi connectivity index (χ1v) is 12.3. The molecule has 0 atom stereocenters. The number of likely N-dealkylation sites (tertiary alicyclic amines) is 2. The van der Waals surface area contributed by atoms with E-state index in [9.17, 15) is 9.18 Å². The van der Waals surface area contributed by atoms with E-state index in [0.29, 0.717) is 12.5 Å². The van der Waals surface area contributed by atoms with Crippen molar-refractivity contribution in [3.8, 4) is 5.75 Å². The zero-order chi connectivity index (χ0) is 23.5. The van der Waals surface area contributed by atoms with Crippen LogP contribution in [-0.4, -0.2) is 60.1 Å². The third-order valence-electron chi connectivity index (χ3n) is 7.38. The first kappa shape index (κ1) is 22.7. The number of fused-ring (bicyclic) bond motifs is 1. The van der Waals surface area contributed by atoms with Crippen LogP contribution >= 0.6 is 0 Å². The molecular weight excluding hydrogens is 431 g/mol. The molecule has 3 aromatic rings. The van der Waals surface area contributed by atoms with Crippen molar-refractivity contribution in [2.24, 2.45) is 0 Å². The number of ether oxygens (including phenoxy) is 1. The fourth-order valence-electron chi connectivity index (χ4n) is 5.39. The second-order valence-corrected chi connectivity index (χ2v) is 9.52. The minimum Gasteiger partial charge on any atom is -0.494 e. The van der Waals surface area contributed by atoms with Gasteiger partial charge in [0.15, 0.2) is 11.6 Å². The van der Waals surface area contributed by atoms with Gasteiger partial charge >= 0.3 is 6.03 Å². The number of para-hydroxylation sites is 1. The summed E-state index contributed by atoms with van der Waals surface area (Å²) in [5.41, 5.74) is 3.50. The number of H-pyrrole nitrogens is 1. The number of methoxy groups -OCH3 is 1. The summed E-state index contributed by atoms with van der Waals surface area (Å²) in [7, 11) is 1.48. The van der Waals surface area contributed by atoms with Gasteiger partial charge in [0.2, 0.25) is 0 Å². The van der Waals surface area contributed by atoms with Gasteiger partial charge in [0.25, 0.3) is 0 Å². The summed E-state index contributed by atoms with van der Waals surface area (Å²) < 4.78 is 19.0. The molecule has 6 nitrogen and oxygen atoms in total. The largest absolute Gasteiger partial charge is 0.494 e. The molecule has 0 saturated carbocycles. The molecule has 0 bridgehead atoms. The van der Waals surface area contributed by atoms with Crippen molar-refractivity contribution in [3.05, 3.63) is 65.6 Å². The Bertz CT molecular complexity index is 1130. The van der Waals surface area contributed by atoms with Gasteiger partial charge in [-0.2, -0.15) is 0 Å². The van der Waals surface area contributed by atoms with Gasteiger partial charge in [0, 0.05) is 55.9 Å². The highest BCUT2D eigenvalue weighted by Gasteiger charge is 2.28. The van der Waals surface area contributed by atoms with Gasteiger partial charge in [-0.3, -0.25) is 4.90 Å². The van der Waals surface area contributed by atoms with Crippen molar-refractivity contribution in [3.63, 3.8) is 0 Å². The van der Waals surface area contributed by atoms with Gasteiger partial charge in [0.05, 0.1) is 7.11 Å². The van der Waals surface area contributed by atoms with Crippen molar-refractivity contribution in [1.82, 2.24) is 20.1 Å². The standard InChI is InChI=1S/C27H33FN4O2/c1-34-26-7-6-19(16-24(26)28)18-31-12-10-21(11-13-31)30-27(33)32-14-8-20(9-15-32)23-17-29-25-5-3-2-4-22(23)25/h2-7,16-17,20-21,29H,8-15,18H2,1H3,(H,30,33). The number of halogens is 1. The predicted octanol–water partition coefficient (Wildman–Crippen LogP) is 4.87. The topological polar surface area (TPSA) is 60.6 Å². The van der Waals surface area contributed by atoms with Gasteiger partial charge in [-0.25, -0.2) is 9.18 Å². The van der Waals surface area contributed by atoms with Crippen LogP contribution in [0.3, 0.4) is 0 Å². The lowest BCUT2D eigenvalue weighted by Gasteiger charge is -2.36. The lowest BCUT2D eigenvalue weighted by Crippen LogP contribution is -2.50. The molecule has 2 amide bonds. The smallest absolute Gasteiger partial charge is 0.317 e. The molecule has 2 aliphatic rings. The number of hydrogen-bond donors (Lipinski definition) is 2. The van der Waals surface area contributed by atoms with Gasteiger partial charge < -0.3 is 19.9 Å². The van der Waals surface area contributed by atoms with E-state index in [1.54, 1.807) is 12.1 Å². The third-order valence-corrected chi connectivity index (χ3v) is 7.38. The molecule has 0 unspecified atom stereocenters. The number of carbonyl (C=O) groups excluding carboxylic acids is 1. The first-order chi connectivity index (χ1) is 16.6.